The van der Waals surface area contributed by atoms with Crippen LogP contribution >= 0.6 is 0 Å². The fraction of sp³-hybridized carbons (Fsp3) is 0.536. The van der Waals surface area contributed by atoms with Crippen molar-refractivity contribution in [3.05, 3.63) is 66.0 Å². The second-order valence-electron chi connectivity index (χ2n) is 10.3. The number of hydrogen-bond acceptors (Lipinski definition) is 5. The molecule has 35 heavy (non-hydrogen) atoms. The third kappa shape index (κ3) is 5.67. The molecule has 1 spiro atoms. The smallest absolute Gasteiger partial charge is 0.407 e. The molecule has 0 radical (unpaired) electrons. The van der Waals surface area contributed by atoms with Gasteiger partial charge in [0.15, 0.2) is 0 Å². The lowest BCUT2D eigenvalue weighted by atomic mass is 9.77. The number of amides is 2. The molecule has 1 aromatic heterocycles. The van der Waals surface area contributed by atoms with Crippen molar-refractivity contribution in [2.45, 2.75) is 63.6 Å². The van der Waals surface area contributed by atoms with E-state index in [2.05, 4.69) is 27.3 Å². The van der Waals surface area contributed by atoms with Gasteiger partial charge in [-0.15, -0.1) is 0 Å². The number of carbonyl (C=O) groups is 2. The highest BCUT2D eigenvalue weighted by Crippen LogP contribution is 2.42. The fourth-order valence-electron chi connectivity index (χ4n) is 5.56. The number of carbonyl (C=O) groups excluding carboxylic acids is 2. The van der Waals surface area contributed by atoms with E-state index in [0.717, 1.165) is 82.3 Å². The molecule has 1 atom stereocenters. The number of pyridine rings is 1. The highest BCUT2D eigenvalue weighted by atomic mass is 16.6. The molecule has 7 nitrogen and oxygen atoms in total. The van der Waals surface area contributed by atoms with Crippen LogP contribution in [0.1, 0.15) is 62.1 Å². The Morgan fingerprint density at radius 1 is 1.09 bits per heavy atom. The Morgan fingerprint density at radius 3 is 2.54 bits per heavy atom. The van der Waals surface area contributed by atoms with Crippen LogP contribution in [-0.2, 0) is 16.1 Å². The first-order chi connectivity index (χ1) is 17.1. The van der Waals surface area contributed by atoms with Crippen molar-refractivity contribution in [1.82, 2.24) is 20.1 Å². The Kier molecular flexibility index (Phi) is 7.32. The van der Waals surface area contributed by atoms with Gasteiger partial charge in [-0.25, -0.2) is 4.79 Å². The third-order valence-electron chi connectivity index (χ3n) is 8.06. The van der Waals surface area contributed by atoms with Crippen molar-refractivity contribution in [2.24, 2.45) is 5.41 Å². The lowest BCUT2D eigenvalue weighted by Crippen LogP contribution is -2.45. The quantitative estimate of drug-likeness (QED) is 0.615. The van der Waals surface area contributed by atoms with Crippen molar-refractivity contribution < 1.29 is 14.3 Å². The summed E-state index contributed by atoms with van der Waals surface area (Å²) in [5.41, 5.74) is 1.98. The molecule has 3 fully saturated rings. The van der Waals surface area contributed by atoms with Gasteiger partial charge >= 0.3 is 6.09 Å². The van der Waals surface area contributed by atoms with E-state index < -0.39 is 0 Å². The molecule has 1 saturated carbocycles. The Hall–Kier alpha value is -2.93. The minimum Gasteiger partial charge on any atom is -0.446 e. The molecular formula is C28H36N4O3. The summed E-state index contributed by atoms with van der Waals surface area (Å²) in [6.45, 7) is 4.20. The highest BCUT2D eigenvalue weighted by molar-refractivity contribution is 5.85. The Labute approximate surface area is 207 Å². The van der Waals surface area contributed by atoms with Gasteiger partial charge in [-0.05, 0) is 75.2 Å². The minimum absolute atomic E-state index is 0.0753. The van der Waals surface area contributed by atoms with Gasteiger partial charge in [-0.3, -0.25) is 9.78 Å². The van der Waals surface area contributed by atoms with Gasteiger partial charge < -0.3 is 19.9 Å². The lowest BCUT2D eigenvalue weighted by Gasteiger charge is -2.38. The third-order valence-corrected chi connectivity index (χ3v) is 8.06. The number of nitrogens with one attached hydrogen (secondary N) is 1. The average Bonchev–Trinajstić information content (AvgIpc) is 3.16. The van der Waals surface area contributed by atoms with E-state index >= 15 is 0 Å². The van der Waals surface area contributed by atoms with Crippen molar-refractivity contribution in [3.63, 3.8) is 0 Å². The van der Waals surface area contributed by atoms with Crippen LogP contribution in [0, 0.1) is 5.41 Å². The van der Waals surface area contributed by atoms with E-state index in [4.69, 9.17) is 4.74 Å². The number of alkyl carbamates (subject to hydrolysis) is 1. The van der Waals surface area contributed by atoms with Crippen LogP contribution in [0.15, 0.2) is 54.9 Å². The van der Waals surface area contributed by atoms with E-state index in [-0.39, 0.29) is 23.7 Å². The zero-order chi connectivity index (χ0) is 24.1. The molecule has 1 N–H and O–H groups in total. The van der Waals surface area contributed by atoms with Gasteiger partial charge in [0.05, 0.1) is 11.5 Å². The van der Waals surface area contributed by atoms with Crippen LogP contribution in [0.3, 0.4) is 0 Å². The van der Waals surface area contributed by atoms with E-state index in [1.54, 1.807) is 6.20 Å². The average molecular weight is 477 g/mol. The first-order valence-electron chi connectivity index (χ1n) is 13.0. The van der Waals surface area contributed by atoms with Gasteiger partial charge in [0, 0.05) is 32.0 Å². The fourth-order valence-corrected chi connectivity index (χ4v) is 5.56. The molecule has 5 rings (SSSR count). The van der Waals surface area contributed by atoms with Gasteiger partial charge in [-0.2, -0.15) is 0 Å². The molecule has 2 aliphatic heterocycles. The number of piperidine rings is 1. The lowest BCUT2D eigenvalue weighted by molar-refractivity contribution is -0.138. The molecule has 2 aromatic rings. The number of nitrogens with zero attached hydrogens (tertiary/aromatic N) is 3. The minimum atomic E-state index is -0.314. The number of hydrogen-bond donors (Lipinski definition) is 1. The van der Waals surface area contributed by atoms with Crippen LogP contribution in [0.5, 0.6) is 0 Å². The molecule has 1 unspecified atom stereocenters. The predicted octanol–water partition coefficient (Wildman–Crippen LogP) is 4.31. The summed E-state index contributed by atoms with van der Waals surface area (Å²) in [6, 6.07) is 14.0. The Morgan fingerprint density at radius 2 is 1.86 bits per heavy atom. The van der Waals surface area contributed by atoms with Crippen LogP contribution in [0.25, 0.3) is 0 Å². The first-order valence-corrected chi connectivity index (χ1v) is 13.0. The van der Waals surface area contributed by atoms with Crippen molar-refractivity contribution >= 4 is 12.0 Å². The summed E-state index contributed by atoms with van der Waals surface area (Å²) in [5, 5.41) is 3.10. The second kappa shape index (κ2) is 10.8. The summed E-state index contributed by atoms with van der Waals surface area (Å²) >= 11 is 0. The molecule has 1 aliphatic carbocycles. The standard InChI is InChI=1S/C28H36N4O3/c33-26-28(14-19-32(26)21-22-6-5-15-29-20-22)12-17-31(18-13-28)16-11-25(23-7-2-1-3-8-23)30-27(34)35-24-9-4-10-24/h1-3,5-8,15,20,24-25H,4,9-14,16-19,21H2,(H,30,34). The molecule has 0 bridgehead atoms. The van der Waals surface area contributed by atoms with Crippen LogP contribution in [0.2, 0.25) is 0 Å². The van der Waals surface area contributed by atoms with Crippen LogP contribution < -0.4 is 5.32 Å². The number of benzene rings is 1. The van der Waals surface area contributed by atoms with Gasteiger partial charge in [0.1, 0.15) is 6.10 Å². The van der Waals surface area contributed by atoms with E-state index in [1.807, 2.05) is 41.4 Å². The van der Waals surface area contributed by atoms with Crippen molar-refractivity contribution in [2.75, 3.05) is 26.2 Å². The zero-order valence-electron chi connectivity index (χ0n) is 20.4. The van der Waals surface area contributed by atoms with E-state index in [0.29, 0.717) is 12.5 Å². The molecule has 1 aromatic carbocycles. The topological polar surface area (TPSA) is 74.8 Å². The number of rotatable bonds is 8. The van der Waals surface area contributed by atoms with Gasteiger partial charge in [-0.1, -0.05) is 36.4 Å². The van der Waals surface area contributed by atoms with Crippen molar-refractivity contribution in [1.29, 1.82) is 0 Å². The first kappa shape index (κ1) is 23.8. The number of aromatic nitrogens is 1. The Bertz CT molecular complexity index is 988. The molecule has 2 amide bonds. The zero-order valence-corrected chi connectivity index (χ0v) is 20.4. The van der Waals surface area contributed by atoms with Crippen molar-refractivity contribution in [3.8, 4) is 0 Å². The van der Waals surface area contributed by atoms with Gasteiger partial charge in [0.2, 0.25) is 5.91 Å². The molecule has 7 heteroatoms. The normalized spacial score (nSPS) is 21.0. The summed E-state index contributed by atoms with van der Waals surface area (Å²) in [6.07, 6.45) is 10.0. The van der Waals surface area contributed by atoms with Crippen LogP contribution in [0.4, 0.5) is 4.79 Å². The van der Waals surface area contributed by atoms with E-state index in [9.17, 15) is 9.59 Å². The predicted molar refractivity (Wildman–Crippen MR) is 133 cm³/mol. The largest absolute Gasteiger partial charge is 0.446 e. The maximum absolute atomic E-state index is 13.3. The summed E-state index contributed by atoms with van der Waals surface area (Å²) in [7, 11) is 0. The maximum Gasteiger partial charge on any atom is 0.407 e. The van der Waals surface area contributed by atoms with E-state index in [1.165, 1.54) is 0 Å². The molecule has 2 saturated heterocycles. The van der Waals surface area contributed by atoms with Gasteiger partial charge in [0.25, 0.3) is 0 Å². The maximum atomic E-state index is 13.3. The molecular weight excluding hydrogens is 440 g/mol. The second-order valence-corrected chi connectivity index (χ2v) is 10.3. The Balaban J connectivity index is 1.13. The monoisotopic (exact) mass is 476 g/mol. The molecule has 3 heterocycles. The summed E-state index contributed by atoms with van der Waals surface area (Å²) in [4.78, 5) is 34.4. The SMILES string of the molecule is O=C(NC(CCN1CCC2(CC1)CCN(Cc1cccnc1)C2=O)c1ccccc1)OC1CCC1. The van der Waals surface area contributed by atoms with Crippen LogP contribution in [-0.4, -0.2) is 59.1 Å². The molecule has 3 aliphatic rings. The number of likely N-dealkylation sites (tertiary alicyclic amines) is 2. The molecule has 186 valence electrons. The number of ether oxygens (including phenoxy) is 1. The highest BCUT2D eigenvalue weighted by Gasteiger charge is 2.47. The summed E-state index contributed by atoms with van der Waals surface area (Å²) < 4.78 is 5.55. The summed E-state index contributed by atoms with van der Waals surface area (Å²) in [5.74, 6) is 0.309.